The smallest absolute Gasteiger partial charge is 0.349 e. The molecule has 0 saturated carbocycles. The number of amides is 1. The van der Waals surface area contributed by atoms with Crippen LogP contribution in [-0.4, -0.2) is 35.5 Å². The van der Waals surface area contributed by atoms with Gasteiger partial charge in [-0.2, -0.15) is 5.26 Å². The predicted molar refractivity (Wildman–Crippen MR) is 92.8 cm³/mol. The number of ether oxygens (including phenoxy) is 1. The van der Waals surface area contributed by atoms with Crippen molar-refractivity contribution in [2.75, 3.05) is 6.61 Å². The van der Waals surface area contributed by atoms with E-state index in [9.17, 15) is 9.59 Å². The lowest BCUT2D eigenvalue weighted by molar-refractivity contribution is -0.150. The van der Waals surface area contributed by atoms with E-state index < -0.39 is 5.97 Å². The van der Waals surface area contributed by atoms with Crippen LogP contribution in [0.15, 0.2) is 29.8 Å². The monoisotopic (exact) mass is 328 g/mol. The summed E-state index contributed by atoms with van der Waals surface area (Å²) < 4.78 is 5.01. The van der Waals surface area contributed by atoms with Gasteiger partial charge in [0.2, 0.25) is 0 Å². The molecule has 0 bridgehead atoms. The van der Waals surface area contributed by atoms with E-state index >= 15 is 0 Å². The molecule has 0 heterocycles. The molecule has 1 rings (SSSR count). The third kappa shape index (κ3) is 5.54. The van der Waals surface area contributed by atoms with Crippen molar-refractivity contribution in [3.8, 4) is 6.07 Å². The SMILES string of the molecule is Cc1ccc(/C=C(\C#N)C(=O)OCC(=O)N(C(C)C)C(C)C)cc1. The van der Waals surface area contributed by atoms with E-state index in [1.807, 2.05) is 65.0 Å². The van der Waals surface area contributed by atoms with Crippen LogP contribution in [0.2, 0.25) is 0 Å². The van der Waals surface area contributed by atoms with Crippen LogP contribution >= 0.6 is 0 Å². The molecule has 1 amide bonds. The van der Waals surface area contributed by atoms with Gasteiger partial charge >= 0.3 is 5.97 Å². The van der Waals surface area contributed by atoms with Crippen molar-refractivity contribution in [3.63, 3.8) is 0 Å². The van der Waals surface area contributed by atoms with Crippen LogP contribution in [-0.2, 0) is 14.3 Å². The minimum Gasteiger partial charge on any atom is -0.451 e. The Bertz CT molecular complexity index is 644. The zero-order valence-corrected chi connectivity index (χ0v) is 14.9. The Morgan fingerprint density at radius 2 is 1.71 bits per heavy atom. The summed E-state index contributed by atoms with van der Waals surface area (Å²) in [6.45, 7) is 9.18. The quantitative estimate of drug-likeness (QED) is 0.457. The Morgan fingerprint density at radius 1 is 1.17 bits per heavy atom. The van der Waals surface area contributed by atoms with Gasteiger partial charge in [-0.25, -0.2) is 4.79 Å². The molecule has 0 aliphatic heterocycles. The fourth-order valence-electron chi connectivity index (χ4n) is 2.42. The molecule has 0 aromatic heterocycles. The first-order chi connectivity index (χ1) is 11.3. The highest BCUT2D eigenvalue weighted by Gasteiger charge is 2.22. The van der Waals surface area contributed by atoms with Crippen molar-refractivity contribution in [2.45, 2.75) is 46.7 Å². The van der Waals surface area contributed by atoms with Gasteiger partial charge in [-0.3, -0.25) is 4.79 Å². The molecular formula is C19H24N2O3. The van der Waals surface area contributed by atoms with E-state index in [0.29, 0.717) is 0 Å². The summed E-state index contributed by atoms with van der Waals surface area (Å²) >= 11 is 0. The van der Waals surface area contributed by atoms with Crippen LogP contribution in [0.3, 0.4) is 0 Å². The third-order valence-corrected chi connectivity index (χ3v) is 3.46. The Morgan fingerprint density at radius 3 is 2.17 bits per heavy atom. The first-order valence-corrected chi connectivity index (χ1v) is 7.93. The van der Waals surface area contributed by atoms with Crippen molar-refractivity contribution >= 4 is 18.0 Å². The molecule has 0 spiro atoms. The Balaban J connectivity index is 2.76. The number of rotatable bonds is 6. The van der Waals surface area contributed by atoms with Crippen LogP contribution in [0.1, 0.15) is 38.8 Å². The maximum Gasteiger partial charge on any atom is 0.349 e. The fourth-order valence-corrected chi connectivity index (χ4v) is 2.42. The second-order valence-electron chi connectivity index (χ2n) is 6.15. The molecule has 0 aliphatic carbocycles. The zero-order valence-electron chi connectivity index (χ0n) is 14.9. The molecule has 128 valence electrons. The van der Waals surface area contributed by atoms with Gasteiger partial charge in [-0.1, -0.05) is 29.8 Å². The summed E-state index contributed by atoms with van der Waals surface area (Å²) in [5.41, 5.74) is 1.68. The van der Waals surface area contributed by atoms with E-state index in [2.05, 4.69) is 0 Å². The summed E-state index contributed by atoms with van der Waals surface area (Å²) in [6.07, 6.45) is 1.45. The van der Waals surface area contributed by atoms with Gasteiger partial charge in [0.1, 0.15) is 11.6 Å². The molecule has 0 N–H and O–H groups in total. The number of esters is 1. The molecule has 0 unspecified atom stereocenters. The number of hydrogen-bond donors (Lipinski definition) is 0. The molecule has 0 saturated heterocycles. The van der Waals surface area contributed by atoms with E-state index in [-0.39, 0.29) is 30.2 Å². The first kappa shape index (κ1) is 19.4. The van der Waals surface area contributed by atoms with Crippen LogP contribution in [0.5, 0.6) is 0 Å². The van der Waals surface area contributed by atoms with Gasteiger partial charge in [-0.15, -0.1) is 0 Å². The number of nitriles is 1. The molecule has 0 fully saturated rings. The third-order valence-electron chi connectivity index (χ3n) is 3.46. The van der Waals surface area contributed by atoms with Gasteiger partial charge in [0.05, 0.1) is 0 Å². The Hall–Kier alpha value is -2.61. The average molecular weight is 328 g/mol. The van der Waals surface area contributed by atoms with E-state index in [1.165, 1.54) is 6.08 Å². The van der Waals surface area contributed by atoms with Crippen molar-refractivity contribution in [1.82, 2.24) is 4.90 Å². The van der Waals surface area contributed by atoms with Gasteiger partial charge < -0.3 is 9.64 Å². The summed E-state index contributed by atoms with van der Waals surface area (Å²) in [5, 5.41) is 9.15. The number of benzene rings is 1. The number of carbonyl (C=O) groups excluding carboxylic acids is 2. The molecular weight excluding hydrogens is 304 g/mol. The lowest BCUT2D eigenvalue weighted by atomic mass is 10.1. The average Bonchev–Trinajstić information content (AvgIpc) is 2.51. The highest BCUT2D eigenvalue weighted by molar-refractivity contribution is 5.98. The van der Waals surface area contributed by atoms with Crippen LogP contribution in [0.25, 0.3) is 6.08 Å². The fraction of sp³-hybridized carbons (Fsp3) is 0.421. The second kappa shape index (κ2) is 8.88. The molecule has 0 atom stereocenters. The summed E-state index contributed by atoms with van der Waals surface area (Å²) in [5.74, 6) is -1.07. The van der Waals surface area contributed by atoms with Crippen molar-refractivity contribution in [1.29, 1.82) is 5.26 Å². The van der Waals surface area contributed by atoms with Gasteiger partial charge in [0.25, 0.3) is 5.91 Å². The van der Waals surface area contributed by atoms with Gasteiger partial charge in [-0.05, 0) is 46.3 Å². The van der Waals surface area contributed by atoms with Crippen molar-refractivity contribution in [3.05, 3.63) is 41.0 Å². The van der Waals surface area contributed by atoms with Gasteiger partial charge in [0.15, 0.2) is 6.61 Å². The maximum absolute atomic E-state index is 12.2. The Kier molecular flexibility index (Phi) is 7.19. The molecule has 24 heavy (non-hydrogen) atoms. The number of aryl methyl sites for hydroxylation is 1. The van der Waals surface area contributed by atoms with E-state index in [4.69, 9.17) is 10.00 Å². The van der Waals surface area contributed by atoms with Crippen molar-refractivity contribution < 1.29 is 14.3 Å². The maximum atomic E-state index is 12.2. The molecule has 1 aromatic carbocycles. The standard InChI is InChI=1S/C19H24N2O3/c1-13(2)21(14(3)4)18(22)12-24-19(23)17(11-20)10-16-8-6-15(5)7-9-16/h6-10,13-14H,12H2,1-5H3/b17-10+. The molecule has 0 aliphatic rings. The predicted octanol–water partition coefficient (Wildman–Crippen LogP) is 3.09. The first-order valence-electron chi connectivity index (χ1n) is 7.93. The minimum atomic E-state index is -0.793. The largest absolute Gasteiger partial charge is 0.451 e. The van der Waals surface area contributed by atoms with Crippen LogP contribution in [0.4, 0.5) is 0 Å². The van der Waals surface area contributed by atoms with Gasteiger partial charge in [0, 0.05) is 12.1 Å². The lowest BCUT2D eigenvalue weighted by Gasteiger charge is -2.30. The zero-order chi connectivity index (χ0) is 18.3. The van der Waals surface area contributed by atoms with Crippen molar-refractivity contribution in [2.24, 2.45) is 0 Å². The van der Waals surface area contributed by atoms with Crippen LogP contribution < -0.4 is 0 Å². The summed E-state index contributed by atoms with van der Waals surface area (Å²) in [7, 11) is 0. The number of nitrogens with zero attached hydrogens (tertiary/aromatic N) is 2. The molecule has 5 nitrogen and oxygen atoms in total. The lowest BCUT2D eigenvalue weighted by Crippen LogP contribution is -2.44. The summed E-state index contributed by atoms with van der Waals surface area (Å²) in [6, 6.07) is 9.24. The van der Waals surface area contributed by atoms with Crippen LogP contribution in [0, 0.1) is 18.3 Å². The van der Waals surface area contributed by atoms with E-state index in [1.54, 1.807) is 4.90 Å². The summed E-state index contributed by atoms with van der Waals surface area (Å²) in [4.78, 5) is 25.9. The highest BCUT2D eigenvalue weighted by atomic mass is 16.5. The second-order valence-corrected chi connectivity index (χ2v) is 6.15. The Labute approximate surface area is 143 Å². The normalized spacial score (nSPS) is 11.3. The number of carbonyl (C=O) groups is 2. The molecule has 0 radical (unpaired) electrons. The van der Waals surface area contributed by atoms with E-state index in [0.717, 1.165) is 11.1 Å². The topological polar surface area (TPSA) is 70.4 Å². The molecule has 1 aromatic rings. The number of hydrogen-bond acceptors (Lipinski definition) is 4. The molecule has 5 heteroatoms. The minimum absolute atomic E-state index is 0.00902. The highest BCUT2D eigenvalue weighted by Crippen LogP contribution is 2.10.